The van der Waals surface area contributed by atoms with Gasteiger partial charge in [0.15, 0.2) is 0 Å². The summed E-state index contributed by atoms with van der Waals surface area (Å²) in [4.78, 5) is 2.58. The van der Waals surface area contributed by atoms with Crippen molar-refractivity contribution in [3.05, 3.63) is 0 Å². The number of rotatable bonds is 8. The zero-order chi connectivity index (χ0) is 13.0. The standard InChI is InChI=1S/C16H32N2/c1-13(7-8-17)4-3-9-18(2)12-16-11-14-5-6-15(16)10-14/h13-16H,3-12,17H2,1-2H3. The third-order valence-electron chi connectivity index (χ3n) is 5.33. The molecule has 2 fully saturated rings. The minimum Gasteiger partial charge on any atom is -0.330 e. The molecule has 4 atom stereocenters. The minimum atomic E-state index is 0.811. The lowest BCUT2D eigenvalue weighted by Crippen LogP contribution is -2.29. The van der Waals surface area contributed by atoms with E-state index in [1.807, 2.05) is 0 Å². The Morgan fingerprint density at radius 2 is 2.06 bits per heavy atom. The lowest BCUT2D eigenvalue weighted by atomic mass is 9.88. The Hall–Kier alpha value is -0.0800. The Balaban J connectivity index is 1.56. The van der Waals surface area contributed by atoms with Gasteiger partial charge in [0, 0.05) is 6.54 Å². The lowest BCUT2D eigenvalue weighted by Gasteiger charge is -2.27. The van der Waals surface area contributed by atoms with Crippen LogP contribution < -0.4 is 5.73 Å². The van der Waals surface area contributed by atoms with Crippen LogP contribution >= 0.6 is 0 Å². The largest absolute Gasteiger partial charge is 0.330 e. The summed E-state index contributed by atoms with van der Waals surface area (Å²) in [5.41, 5.74) is 5.59. The van der Waals surface area contributed by atoms with Gasteiger partial charge in [-0.15, -0.1) is 0 Å². The number of hydrogen-bond acceptors (Lipinski definition) is 2. The van der Waals surface area contributed by atoms with Crippen LogP contribution in [-0.2, 0) is 0 Å². The van der Waals surface area contributed by atoms with Crippen LogP contribution in [0.1, 0.15) is 51.9 Å². The smallest absolute Gasteiger partial charge is 0.000936 e. The SMILES string of the molecule is CC(CCN)CCCN(C)CC1CC2CCC1C2. The van der Waals surface area contributed by atoms with E-state index in [4.69, 9.17) is 5.73 Å². The van der Waals surface area contributed by atoms with Crippen LogP contribution in [0.25, 0.3) is 0 Å². The van der Waals surface area contributed by atoms with E-state index in [9.17, 15) is 0 Å². The number of fused-ring (bicyclic) bond motifs is 2. The van der Waals surface area contributed by atoms with Gasteiger partial charge < -0.3 is 10.6 Å². The molecule has 0 aliphatic heterocycles. The molecule has 2 aliphatic carbocycles. The van der Waals surface area contributed by atoms with E-state index in [2.05, 4.69) is 18.9 Å². The van der Waals surface area contributed by atoms with Gasteiger partial charge >= 0.3 is 0 Å². The molecule has 2 heteroatoms. The third-order valence-corrected chi connectivity index (χ3v) is 5.33. The highest BCUT2D eigenvalue weighted by Gasteiger charge is 2.39. The van der Waals surface area contributed by atoms with Crippen molar-refractivity contribution >= 4 is 0 Å². The van der Waals surface area contributed by atoms with E-state index in [1.165, 1.54) is 51.6 Å². The first-order valence-corrected chi connectivity index (χ1v) is 8.07. The summed E-state index contributed by atoms with van der Waals surface area (Å²) in [7, 11) is 2.32. The minimum absolute atomic E-state index is 0.811. The molecule has 4 unspecified atom stereocenters. The highest BCUT2D eigenvalue weighted by molar-refractivity contribution is 4.90. The molecule has 2 rings (SSSR count). The van der Waals surface area contributed by atoms with Crippen molar-refractivity contribution in [1.29, 1.82) is 0 Å². The van der Waals surface area contributed by atoms with Gasteiger partial charge in [0.2, 0.25) is 0 Å². The molecule has 2 saturated carbocycles. The van der Waals surface area contributed by atoms with Gasteiger partial charge in [0.1, 0.15) is 0 Å². The molecule has 2 bridgehead atoms. The fourth-order valence-electron chi connectivity index (χ4n) is 4.23. The molecular weight excluding hydrogens is 220 g/mol. The quantitative estimate of drug-likeness (QED) is 0.719. The molecule has 0 aromatic rings. The van der Waals surface area contributed by atoms with Crippen molar-refractivity contribution in [3.63, 3.8) is 0 Å². The second kappa shape index (κ2) is 6.91. The second-order valence-electron chi connectivity index (χ2n) is 7.02. The van der Waals surface area contributed by atoms with Crippen molar-refractivity contribution in [2.45, 2.75) is 51.9 Å². The van der Waals surface area contributed by atoms with Gasteiger partial charge in [0.25, 0.3) is 0 Å². The average Bonchev–Trinajstić information content (AvgIpc) is 2.91. The van der Waals surface area contributed by atoms with Crippen LogP contribution in [-0.4, -0.2) is 31.6 Å². The summed E-state index contributed by atoms with van der Waals surface area (Å²) in [5.74, 6) is 4.01. The lowest BCUT2D eigenvalue weighted by molar-refractivity contribution is 0.214. The van der Waals surface area contributed by atoms with Gasteiger partial charge in [0.05, 0.1) is 0 Å². The number of nitrogens with zero attached hydrogens (tertiary/aromatic N) is 1. The van der Waals surface area contributed by atoms with Gasteiger partial charge in [-0.3, -0.25) is 0 Å². The van der Waals surface area contributed by atoms with Crippen molar-refractivity contribution in [2.75, 3.05) is 26.7 Å². The normalized spacial score (nSPS) is 32.3. The Morgan fingerprint density at radius 3 is 2.67 bits per heavy atom. The van der Waals surface area contributed by atoms with Gasteiger partial charge in [-0.1, -0.05) is 13.3 Å². The number of nitrogens with two attached hydrogens (primary N) is 1. The van der Waals surface area contributed by atoms with Gasteiger partial charge in [-0.2, -0.15) is 0 Å². The molecule has 2 nitrogen and oxygen atoms in total. The zero-order valence-corrected chi connectivity index (χ0v) is 12.4. The van der Waals surface area contributed by atoms with Crippen molar-refractivity contribution in [1.82, 2.24) is 4.90 Å². The van der Waals surface area contributed by atoms with Crippen molar-refractivity contribution < 1.29 is 0 Å². The predicted molar refractivity (Wildman–Crippen MR) is 78.5 cm³/mol. The molecule has 0 aromatic heterocycles. The Kier molecular flexibility index (Phi) is 5.50. The van der Waals surface area contributed by atoms with Crippen LogP contribution in [0, 0.1) is 23.7 Å². The maximum Gasteiger partial charge on any atom is 0.000936 e. The van der Waals surface area contributed by atoms with E-state index < -0.39 is 0 Å². The first-order chi connectivity index (χ1) is 8.69. The first kappa shape index (κ1) is 14.3. The molecule has 2 N–H and O–H groups in total. The Bertz CT molecular complexity index is 241. The molecule has 2 aliphatic rings. The second-order valence-corrected chi connectivity index (χ2v) is 7.02. The topological polar surface area (TPSA) is 29.3 Å². The summed E-state index contributed by atoms with van der Waals surface area (Å²) in [6, 6.07) is 0. The van der Waals surface area contributed by atoms with Gasteiger partial charge in [-0.05, 0) is 82.3 Å². The van der Waals surface area contributed by atoms with E-state index in [0.29, 0.717) is 0 Å². The molecule has 0 radical (unpaired) electrons. The summed E-state index contributed by atoms with van der Waals surface area (Å²) < 4.78 is 0. The summed E-state index contributed by atoms with van der Waals surface area (Å²) >= 11 is 0. The average molecular weight is 252 g/mol. The highest BCUT2D eigenvalue weighted by atomic mass is 15.1. The zero-order valence-electron chi connectivity index (χ0n) is 12.4. The Labute approximate surface area is 113 Å². The van der Waals surface area contributed by atoms with Crippen molar-refractivity contribution in [3.8, 4) is 0 Å². The number of hydrogen-bond donors (Lipinski definition) is 1. The molecule has 0 amide bonds. The monoisotopic (exact) mass is 252 g/mol. The molecule has 0 spiro atoms. The van der Waals surface area contributed by atoms with E-state index >= 15 is 0 Å². The van der Waals surface area contributed by atoms with E-state index in [0.717, 1.165) is 30.2 Å². The van der Waals surface area contributed by atoms with Crippen LogP contribution in [0.5, 0.6) is 0 Å². The molecule has 0 heterocycles. The first-order valence-electron chi connectivity index (χ1n) is 8.07. The molecule has 0 aromatic carbocycles. The van der Waals surface area contributed by atoms with E-state index in [1.54, 1.807) is 6.42 Å². The fraction of sp³-hybridized carbons (Fsp3) is 1.00. The summed E-state index contributed by atoms with van der Waals surface area (Å²) in [6.07, 6.45) is 10.0. The summed E-state index contributed by atoms with van der Waals surface area (Å²) in [5, 5.41) is 0. The van der Waals surface area contributed by atoms with Crippen LogP contribution in [0.4, 0.5) is 0 Å². The van der Waals surface area contributed by atoms with Crippen LogP contribution in [0.15, 0.2) is 0 Å². The molecular formula is C16H32N2. The van der Waals surface area contributed by atoms with Crippen LogP contribution in [0.3, 0.4) is 0 Å². The van der Waals surface area contributed by atoms with Gasteiger partial charge in [-0.25, -0.2) is 0 Å². The maximum atomic E-state index is 5.59. The van der Waals surface area contributed by atoms with E-state index in [-0.39, 0.29) is 0 Å². The third kappa shape index (κ3) is 3.96. The van der Waals surface area contributed by atoms with Crippen molar-refractivity contribution in [2.24, 2.45) is 29.4 Å². The Morgan fingerprint density at radius 1 is 1.22 bits per heavy atom. The molecule has 18 heavy (non-hydrogen) atoms. The molecule has 0 saturated heterocycles. The van der Waals surface area contributed by atoms with Crippen LogP contribution in [0.2, 0.25) is 0 Å². The maximum absolute atomic E-state index is 5.59. The predicted octanol–water partition coefficient (Wildman–Crippen LogP) is 3.12. The fourth-order valence-corrected chi connectivity index (χ4v) is 4.23. The molecule has 106 valence electrons. The highest BCUT2D eigenvalue weighted by Crippen LogP contribution is 2.48. The summed E-state index contributed by atoms with van der Waals surface area (Å²) in [6.45, 7) is 5.82.